The van der Waals surface area contributed by atoms with Crippen LogP contribution in [0.25, 0.3) is 0 Å². The van der Waals surface area contributed by atoms with Crippen LogP contribution in [0.2, 0.25) is 5.02 Å². The standard InChI is InChI=1S/C19H21ClN2O2.ClH/c20-16-5-2-4-15(12-16)19(7-9-24-10-8-19)13-22-18(23)14-3-1-6-17(21)11-14;/h1-6,11-12H,7-10,13,21H2,(H,22,23);1H. The van der Waals surface area contributed by atoms with E-state index in [0.29, 0.717) is 36.0 Å². The summed E-state index contributed by atoms with van der Waals surface area (Å²) in [5.74, 6) is -0.116. The van der Waals surface area contributed by atoms with Crippen LogP contribution in [0, 0.1) is 0 Å². The Balaban J connectivity index is 0.00000225. The Bertz CT molecular complexity index is 731. The first-order chi connectivity index (χ1) is 11.6. The van der Waals surface area contributed by atoms with Crippen molar-refractivity contribution in [3.05, 3.63) is 64.7 Å². The Kier molecular flexibility index (Phi) is 6.71. The van der Waals surface area contributed by atoms with Gasteiger partial charge in [0.25, 0.3) is 5.91 Å². The molecule has 0 aliphatic carbocycles. The summed E-state index contributed by atoms with van der Waals surface area (Å²) in [4.78, 5) is 12.5. The average Bonchev–Trinajstić information content (AvgIpc) is 2.60. The summed E-state index contributed by atoms with van der Waals surface area (Å²) in [7, 11) is 0. The normalized spacial score (nSPS) is 15.9. The van der Waals surface area contributed by atoms with E-state index >= 15 is 0 Å². The van der Waals surface area contributed by atoms with Gasteiger partial charge in [-0.25, -0.2) is 0 Å². The fourth-order valence-electron chi connectivity index (χ4n) is 3.18. The molecule has 1 fully saturated rings. The second-order valence-electron chi connectivity index (χ2n) is 6.21. The van der Waals surface area contributed by atoms with Gasteiger partial charge < -0.3 is 15.8 Å². The number of hydrogen-bond donors (Lipinski definition) is 2. The number of amides is 1. The van der Waals surface area contributed by atoms with Crippen molar-refractivity contribution in [2.45, 2.75) is 18.3 Å². The Morgan fingerprint density at radius 2 is 1.88 bits per heavy atom. The van der Waals surface area contributed by atoms with Gasteiger partial charge in [-0.2, -0.15) is 0 Å². The highest BCUT2D eigenvalue weighted by Gasteiger charge is 2.35. The minimum Gasteiger partial charge on any atom is -0.399 e. The number of carbonyl (C=O) groups is 1. The maximum atomic E-state index is 12.5. The number of anilines is 1. The molecule has 2 aromatic carbocycles. The Labute approximate surface area is 159 Å². The van der Waals surface area contributed by atoms with E-state index in [1.165, 1.54) is 0 Å². The third kappa shape index (κ3) is 4.66. The largest absolute Gasteiger partial charge is 0.399 e. The van der Waals surface area contributed by atoms with Crippen molar-refractivity contribution in [1.82, 2.24) is 5.32 Å². The van der Waals surface area contributed by atoms with Gasteiger partial charge in [0.1, 0.15) is 0 Å². The molecule has 3 N–H and O–H groups in total. The van der Waals surface area contributed by atoms with E-state index in [1.807, 2.05) is 18.2 Å². The van der Waals surface area contributed by atoms with Crippen LogP contribution in [0.3, 0.4) is 0 Å². The van der Waals surface area contributed by atoms with Crippen molar-refractivity contribution in [2.24, 2.45) is 0 Å². The molecular formula is C19H22Cl2N2O2. The Morgan fingerprint density at radius 1 is 1.16 bits per heavy atom. The molecule has 1 heterocycles. The van der Waals surface area contributed by atoms with Gasteiger partial charge in [0, 0.05) is 41.4 Å². The van der Waals surface area contributed by atoms with Gasteiger partial charge in [-0.15, -0.1) is 12.4 Å². The van der Waals surface area contributed by atoms with Gasteiger partial charge in [0.05, 0.1) is 0 Å². The number of rotatable bonds is 4. The fraction of sp³-hybridized carbons (Fsp3) is 0.316. The first-order valence-corrected chi connectivity index (χ1v) is 8.44. The molecule has 25 heavy (non-hydrogen) atoms. The van der Waals surface area contributed by atoms with Crippen LogP contribution in [0.4, 0.5) is 5.69 Å². The second-order valence-corrected chi connectivity index (χ2v) is 6.65. The third-order valence-corrected chi connectivity index (χ3v) is 4.86. The van der Waals surface area contributed by atoms with E-state index in [0.717, 1.165) is 18.4 Å². The van der Waals surface area contributed by atoms with Gasteiger partial charge >= 0.3 is 0 Å². The van der Waals surface area contributed by atoms with Gasteiger partial charge in [-0.3, -0.25) is 4.79 Å². The summed E-state index contributed by atoms with van der Waals surface area (Å²) >= 11 is 6.17. The molecule has 0 saturated carbocycles. The lowest BCUT2D eigenvalue weighted by Gasteiger charge is -2.38. The molecule has 0 bridgehead atoms. The van der Waals surface area contributed by atoms with Crippen LogP contribution < -0.4 is 11.1 Å². The van der Waals surface area contributed by atoms with Gasteiger partial charge in [-0.1, -0.05) is 29.8 Å². The number of hydrogen-bond acceptors (Lipinski definition) is 3. The Hall–Kier alpha value is -1.75. The molecule has 4 nitrogen and oxygen atoms in total. The lowest BCUT2D eigenvalue weighted by atomic mass is 9.74. The predicted octanol–water partition coefficient (Wildman–Crippen LogP) is 3.82. The second kappa shape index (κ2) is 8.56. The van der Waals surface area contributed by atoms with E-state index in [9.17, 15) is 4.79 Å². The number of benzene rings is 2. The first-order valence-electron chi connectivity index (χ1n) is 8.07. The quantitative estimate of drug-likeness (QED) is 0.792. The highest BCUT2D eigenvalue weighted by atomic mass is 35.5. The molecule has 134 valence electrons. The van der Waals surface area contributed by atoms with Crippen LogP contribution in [0.5, 0.6) is 0 Å². The van der Waals surface area contributed by atoms with Crippen molar-refractivity contribution in [3.63, 3.8) is 0 Å². The van der Waals surface area contributed by atoms with E-state index in [1.54, 1.807) is 24.3 Å². The lowest BCUT2D eigenvalue weighted by Crippen LogP contribution is -2.44. The van der Waals surface area contributed by atoms with Crippen LogP contribution in [-0.4, -0.2) is 25.7 Å². The Morgan fingerprint density at radius 3 is 2.56 bits per heavy atom. The summed E-state index contributed by atoms with van der Waals surface area (Å²) in [6.45, 7) is 1.91. The molecule has 2 aromatic rings. The van der Waals surface area contributed by atoms with Crippen LogP contribution in [0.1, 0.15) is 28.8 Å². The van der Waals surface area contributed by atoms with Crippen molar-refractivity contribution >= 4 is 35.6 Å². The smallest absolute Gasteiger partial charge is 0.251 e. The minimum atomic E-state index is -0.154. The summed E-state index contributed by atoms with van der Waals surface area (Å²) in [6, 6.07) is 14.9. The van der Waals surface area contributed by atoms with Crippen molar-refractivity contribution in [2.75, 3.05) is 25.5 Å². The molecule has 0 radical (unpaired) electrons. The minimum absolute atomic E-state index is 0. The molecule has 1 aliphatic heterocycles. The van der Waals surface area contributed by atoms with Crippen molar-refractivity contribution < 1.29 is 9.53 Å². The first kappa shape index (κ1) is 19.6. The molecule has 1 amide bonds. The van der Waals surface area contributed by atoms with Gasteiger partial charge in [-0.05, 0) is 48.7 Å². The number of nitrogen functional groups attached to an aromatic ring is 1. The zero-order chi connectivity index (χ0) is 17.0. The maximum Gasteiger partial charge on any atom is 0.251 e. The fourth-order valence-corrected chi connectivity index (χ4v) is 3.37. The highest BCUT2D eigenvalue weighted by molar-refractivity contribution is 6.30. The van der Waals surface area contributed by atoms with E-state index in [4.69, 9.17) is 22.1 Å². The van der Waals surface area contributed by atoms with Crippen molar-refractivity contribution in [1.29, 1.82) is 0 Å². The van der Waals surface area contributed by atoms with E-state index in [2.05, 4.69) is 11.4 Å². The van der Waals surface area contributed by atoms with E-state index < -0.39 is 0 Å². The highest BCUT2D eigenvalue weighted by Crippen LogP contribution is 2.35. The summed E-state index contributed by atoms with van der Waals surface area (Å²) in [6.07, 6.45) is 1.70. The zero-order valence-corrected chi connectivity index (χ0v) is 15.4. The molecular weight excluding hydrogens is 359 g/mol. The molecule has 0 aromatic heterocycles. The number of ether oxygens (including phenoxy) is 1. The predicted molar refractivity (Wildman–Crippen MR) is 104 cm³/mol. The maximum absolute atomic E-state index is 12.5. The van der Waals surface area contributed by atoms with Gasteiger partial charge in [0.2, 0.25) is 0 Å². The summed E-state index contributed by atoms with van der Waals surface area (Å²) < 4.78 is 5.52. The lowest BCUT2D eigenvalue weighted by molar-refractivity contribution is 0.0487. The number of carbonyl (C=O) groups excluding carboxylic acids is 1. The summed E-state index contributed by atoms with van der Waals surface area (Å²) in [5, 5.41) is 3.77. The third-order valence-electron chi connectivity index (χ3n) is 4.62. The number of halogens is 2. The van der Waals surface area contributed by atoms with E-state index in [-0.39, 0.29) is 23.7 Å². The number of nitrogens with one attached hydrogen (secondary N) is 1. The van der Waals surface area contributed by atoms with Gasteiger partial charge in [0.15, 0.2) is 0 Å². The topological polar surface area (TPSA) is 64.4 Å². The van der Waals surface area contributed by atoms with Crippen molar-refractivity contribution in [3.8, 4) is 0 Å². The zero-order valence-electron chi connectivity index (χ0n) is 13.8. The molecule has 1 saturated heterocycles. The number of nitrogens with two attached hydrogens (primary N) is 1. The SMILES string of the molecule is Cl.Nc1cccc(C(=O)NCC2(c3cccc(Cl)c3)CCOCC2)c1. The molecule has 0 unspecified atom stereocenters. The molecule has 1 aliphatic rings. The molecule has 0 atom stereocenters. The monoisotopic (exact) mass is 380 g/mol. The van der Waals surface area contributed by atoms with Crippen LogP contribution in [0.15, 0.2) is 48.5 Å². The summed E-state index contributed by atoms with van der Waals surface area (Å²) in [5.41, 5.74) is 7.90. The van der Waals surface area contributed by atoms with Crippen LogP contribution in [-0.2, 0) is 10.2 Å². The molecule has 6 heteroatoms. The van der Waals surface area contributed by atoms with Crippen LogP contribution >= 0.6 is 24.0 Å². The molecule has 3 rings (SSSR count). The average molecular weight is 381 g/mol. The molecule has 0 spiro atoms.